The van der Waals surface area contributed by atoms with E-state index >= 15 is 0 Å². The molecule has 1 heterocycles. The van der Waals surface area contributed by atoms with E-state index in [2.05, 4.69) is 10.3 Å². The molecule has 6 heteroatoms. The number of aromatic nitrogens is 1. The summed E-state index contributed by atoms with van der Waals surface area (Å²) < 4.78 is 5.21. The molecule has 2 N–H and O–H groups in total. The van der Waals surface area contributed by atoms with E-state index in [9.17, 15) is 9.59 Å². The molecule has 0 spiro atoms. The molecular formula is C11H14N2O4. The van der Waals surface area contributed by atoms with E-state index in [1.54, 1.807) is 18.5 Å². The fraction of sp³-hybridized carbons (Fsp3) is 0.364. The van der Waals surface area contributed by atoms with E-state index in [0.717, 1.165) is 5.56 Å². The number of carbonyl (C=O) groups excluding carboxylic acids is 1. The van der Waals surface area contributed by atoms with Crippen molar-refractivity contribution in [1.29, 1.82) is 0 Å². The highest BCUT2D eigenvalue weighted by Crippen LogP contribution is 1.99. The maximum atomic E-state index is 10.8. The highest BCUT2D eigenvalue weighted by Gasteiger charge is 2.18. The standard InChI is InChI=1S/C11H14N2O4/c1-8(14)13-10(11(15)16)7-17-6-9-3-2-4-12-5-9/h2-5,10H,6-7H2,1H3,(H,13,14)(H,15,16). The number of amides is 1. The summed E-state index contributed by atoms with van der Waals surface area (Å²) in [5.41, 5.74) is 0.847. The van der Waals surface area contributed by atoms with Gasteiger partial charge >= 0.3 is 5.97 Å². The van der Waals surface area contributed by atoms with Gasteiger partial charge in [0, 0.05) is 19.3 Å². The number of carboxylic acid groups (broad SMARTS) is 1. The molecule has 1 unspecified atom stereocenters. The number of nitrogens with zero attached hydrogens (tertiary/aromatic N) is 1. The van der Waals surface area contributed by atoms with E-state index in [0.29, 0.717) is 0 Å². The van der Waals surface area contributed by atoms with Gasteiger partial charge < -0.3 is 15.2 Å². The van der Waals surface area contributed by atoms with Crippen LogP contribution in [0.2, 0.25) is 0 Å². The largest absolute Gasteiger partial charge is 0.480 e. The molecule has 0 saturated heterocycles. The molecule has 17 heavy (non-hydrogen) atoms. The minimum absolute atomic E-state index is 0.0796. The Morgan fingerprint density at radius 1 is 1.59 bits per heavy atom. The average molecular weight is 238 g/mol. The molecule has 92 valence electrons. The minimum atomic E-state index is -1.12. The lowest BCUT2D eigenvalue weighted by atomic mass is 10.3. The van der Waals surface area contributed by atoms with Crippen molar-refractivity contribution >= 4 is 11.9 Å². The first kappa shape index (κ1) is 13.1. The van der Waals surface area contributed by atoms with E-state index in [1.165, 1.54) is 6.92 Å². The molecule has 1 rings (SSSR count). The third-order valence-corrected chi connectivity index (χ3v) is 1.95. The molecule has 0 aliphatic heterocycles. The number of ether oxygens (including phenoxy) is 1. The fourth-order valence-electron chi connectivity index (χ4n) is 1.20. The summed E-state index contributed by atoms with van der Waals surface area (Å²) in [6, 6.07) is 2.56. The van der Waals surface area contributed by atoms with Crippen molar-refractivity contribution in [2.45, 2.75) is 19.6 Å². The van der Waals surface area contributed by atoms with E-state index < -0.39 is 17.9 Å². The van der Waals surface area contributed by atoms with Gasteiger partial charge in [-0.3, -0.25) is 9.78 Å². The molecule has 1 atom stereocenters. The Morgan fingerprint density at radius 3 is 2.88 bits per heavy atom. The number of aliphatic carboxylic acids is 1. The number of carboxylic acids is 1. The zero-order chi connectivity index (χ0) is 12.7. The van der Waals surface area contributed by atoms with Crippen molar-refractivity contribution in [3.8, 4) is 0 Å². The zero-order valence-electron chi connectivity index (χ0n) is 9.42. The molecule has 0 bridgehead atoms. The SMILES string of the molecule is CC(=O)NC(COCc1cccnc1)C(=O)O. The normalized spacial score (nSPS) is 11.8. The van der Waals surface area contributed by atoms with Crippen LogP contribution in [0.25, 0.3) is 0 Å². The van der Waals surface area contributed by atoms with Crippen LogP contribution < -0.4 is 5.32 Å². The highest BCUT2D eigenvalue weighted by atomic mass is 16.5. The van der Waals surface area contributed by atoms with Crippen LogP contribution in [0.15, 0.2) is 24.5 Å². The predicted octanol–water partition coefficient (Wildman–Crippen LogP) is 0.187. The Balaban J connectivity index is 2.37. The number of carbonyl (C=O) groups is 2. The molecule has 0 saturated carbocycles. The van der Waals surface area contributed by atoms with Gasteiger partial charge in [-0.1, -0.05) is 6.07 Å². The van der Waals surface area contributed by atoms with Crippen molar-refractivity contribution in [2.24, 2.45) is 0 Å². The summed E-state index contributed by atoms with van der Waals surface area (Å²) in [4.78, 5) is 25.4. The van der Waals surface area contributed by atoms with Crippen molar-refractivity contribution in [1.82, 2.24) is 10.3 Å². The maximum Gasteiger partial charge on any atom is 0.328 e. The summed E-state index contributed by atoms with van der Waals surface area (Å²) >= 11 is 0. The monoisotopic (exact) mass is 238 g/mol. The minimum Gasteiger partial charge on any atom is -0.480 e. The van der Waals surface area contributed by atoms with Crippen molar-refractivity contribution in [2.75, 3.05) is 6.61 Å². The van der Waals surface area contributed by atoms with Gasteiger partial charge in [-0.2, -0.15) is 0 Å². The quantitative estimate of drug-likeness (QED) is 0.738. The Bertz CT molecular complexity index is 380. The molecule has 6 nitrogen and oxygen atoms in total. The van der Waals surface area contributed by atoms with Gasteiger partial charge in [0.25, 0.3) is 0 Å². The number of hydrogen-bond acceptors (Lipinski definition) is 4. The lowest BCUT2D eigenvalue weighted by Gasteiger charge is -2.13. The van der Waals surface area contributed by atoms with Crippen LogP contribution in [0, 0.1) is 0 Å². The smallest absolute Gasteiger partial charge is 0.328 e. The Labute approximate surface area is 98.6 Å². The van der Waals surface area contributed by atoms with Crippen molar-refractivity contribution < 1.29 is 19.4 Å². The Kier molecular flexibility index (Phi) is 5.09. The molecule has 0 radical (unpaired) electrons. The third-order valence-electron chi connectivity index (χ3n) is 1.95. The summed E-state index contributed by atoms with van der Waals surface area (Å²) in [6.07, 6.45) is 3.27. The topological polar surface area (TPSA) is 88.5 Å². The molecule has 1 aromatic rings. The van der Waals surface area contributed by atoms with Gasteiger partial charge in [-0.05, 0) is 11.6 Å². The molecular weight excluding hydrogens is 224 g/mol. The molecule has 0 aliphatic carbocycles. The molecule has 0 aromatic carbocycles. The summed E-state index contributed by atoms with van der Waals surface area (Å²) in [5, 5.41) is 11.1. The van der Waals surface area contributed by atoms with Crippen molar-refractivity contribution in [3.63, 3.8) is 0 Å². The molecule has 1 amide bonds. The maximum absolute atomic E-state index is 10.8. The predicted molar refractivity (Wildman–Crippen MR) is 59.1 cm³/mol. The van der Waals surface area contributed by atoms with Crippen LogP contribution in [0.3, 0.4) is 0 Å². The second-order valence-corrected chi connectivity index (χ2v) is 3.47. The van der Waals surface area contributed by atoms with Gasteiger partial charge in [0.05, 0.1) is 13.2 Å². The summed E-state index contributed by atoms with van der Waals surface area (Å²) in [6.45, 7) is 1.44. The van der Waals surface area contributed by atoms with Gasteiger partial charge in [0.1, 0.15) is 0 Å². The lowest BCUT2D eigenvalue weighted by Crippen LogP contribution is -2.42. The number of rotatable bonds is 6. The van der Waals surface area contributed by atoms with Crippen LogP contribution in [0.1, 0.15) is 12.5 Å². The molecule has 0 aliphatic rings. The summed E-state index contributed by atoms with van der Waals surface area (Å²) in [5.74, 6) is -1.52. The Hall–Kier alpha value is -1.95. The van der Waals surface area contributed by atoms with Crippen LogP contribution in [-0.2, 0) is 20.9 Å². The van der Waals surface area contributed by atoms with Crippen LogP contribution in [-0.4, -0.2) is 34.6 Å². The second-order valence-electron chi connectivity index (χ2n) is 3.47. The fourth-order valence-corrected chi connectivity index (χ4v) is 1.20. The van der Waals surface area contributed by atoms with Crippen LogP contribution >= 0.6 is 0 Å². The van der Waals surface area contributed by atoms with Gasteiger partial charge in [0.2, 0.25) is 5.91 Å². The third kappa shape index (κ3) is 5.07. The van der Waals surface area contributed by atoms with Gasteiger partial charge in [-0.15, -0.1) is 0 Å². The van der Waals surface area contributed by atoms with Gasteiger partial charge in [0.15, 0.2) is 6.04 Å². The first-order valence-electron chi connectivity index (χ1n) is 5.06. The zero-order valence-corrected chi connectivity index (χ0v) is 9.42. The first-order chi connectivity index (χ1) is 8.09. The number of pyridine rings is 1. The summed E-state index contributed by atoms with van der Waals surface area (Å²) in [7, 11) is 0. The van der Waals surface area contributed by atoms with Gasteiger partial charge in [-0.25, -0.2) is 4.79 Å². The Morgan fingerprint density at radius 2 is 2.35 bits per heavy atom. The average Bonchev–Trinajstić information content (AvgIpc) is 2.28. The van der Waals surface area contributed by atoms with Crippen molar-refractivity contribution in [3.05, 3.63) is 30.1 Å². The van der Waals surface area contributed by atoms with E-state index in [-0.39, 0.29) is 13.2 Å². The second kappa shape index (κ2) is 6.59. The van der Waals surface area contributed by atoms with Crippen LogP contribution in [0.4, 0.5) is 0 Å². The van der Waals surface area contributed by atoms with Crippen LogP contribution in [0.5, 0.6) is 0 Å². The lowest BCUT2D eigenvalue weighted by molar-refractivity contribution is -0.143. The van der Waals surface area contributed by atoms with E-state index in [4.69, 9.17) is 9.84 Å². The first-order valence-corrected chi connectivity index (χ1v) is 5.06. The number of hydrogen-bond donors (Lipinski definition) is 2. The molecule has 0 fully saturated rings. The highest BCUT2D eigenvalue weighted by molar-refractivity contribution is 5.82. The molecule has 1 aromatic heterocycles. The van der Waals surface area contributed by atoms with E-state index in [1.807, 2.05) is 6.07 Å². The number of nitrogens with one attached hydrogen (secondary N) is 1.